The number of halogens is 8. The normalized spacial score (nSPS) is 24.9. The molecule has 0 bridgehead atoms. The number of aryl methyl sites for hydroxylation is 1. The van der Waals surface area contributed by atoms with E-state index in [9.17, 15) is 48.6 Å². The smallest absolute Gasteiger partial charge is 0.374 e. The maximum absolute atomic E-state index is 14.9. The second kappa shape index (κ2) is 9.52. The molecule has 1 heterocycles. The Morgan fingerprint density at radius 3 is 2.17 bits per heavy atom. The summed E-state index contributed by atoms with van der Waals surface area (Å²) in [6.07, 6.45) is -9.87. The van der Waals surface area contributed by atoms with Crippen LogP contribution < -0.4 is 0 Å². The molecule has 5 rings (SSSR count). The van der Waals surface area contributed by atoms with Crippen molar-refractivity contribution in [2.24, 2.45) is 5.92 Å². The Bertz CT molecular complexity index is 1420. The molecule has 1 saturated heterocycles. The number of sulfone groups is 1. The molecule has 3 atom stereocenters. The minimum absolute atomic E-state index is 0.0382. The van der Waals surface area contributed by atoms with Crippen molar-refractivity contribution in [1.82, 2.24) is 4.90 Å². The molecule has 2 aromatic rings. The Morgan fingerprint density at radius 2 is 1.60 bits per heavy atom. The Labute approximate surface area is 225 Å². The first kappa shape index (κ1) is 29.0. The fraction of sp³-hybridized carbons (Fsp3) is 0.481. The minimum atomic E-state index is -6.32. The number of fused-ring (bicyclic) bond motifs is 3. The van der Waals surface area contributed by atoms with Gasteiger partial charge in [0.25, 0.3) is 0 Å². The first-order valence-electron chi connectivity index (χ1n) is 12.6. The molecule has 0 aromatic heterocycles. The van der Waals surface area contributed by atoms with Gasteiger partial charge in [-0.15, -0.1) is 0 Å². The van der Waals surface area contributed by atoms with E-state index in [1.165, 1.54) is 4.90 Å². The highest BCUT2D eigenvalue weighted by Crippen LogP contribution is 2.57. The second-order valence-electron chi connectivity index (χ2n) is 10.6. The Hall–Kier alpha value is -2.51. The van der Waals surface area contributed by atoms with E-state index >= 15 is 0 Å². The number of rotatable bonds is 5. The molecule has 1 N–H and O–H groups in total. The third kappa shape index (κ3) is 4.18. The summed E-state index contributed by atoms with van der Waals surface area (Å²) in [5, 5.41) is 11.1. The zero-order chi connectivity index (χ0) is 29.3. The van der Waals surface area contributed by atoms with Crippen LogP contribution in [0.15, 0.2) is 59.0 Å². The van der Waals surface area contributed by atoms with E-state index < -0.39 is 56.1 Å². The lowest BCUT2D eigenvalue weighted by atomic mass is 9.75. The highest BCUT2D eigenvalue weighted by Gasteiger charge is 2.73. The summed E-state index contributed by atoms with van der Waals surface area (Å²) in [7, 11) is -4.46. The number of alkyl halides is 7. The van der Waals surface area contributed by atoms with E-state index in [4.69, 9.17) is 0 Å². The zero-order valence-corrected chi connectivity index (χ0v) is 21.7. The monoisotopic (exact) mass is 595 g/mol. The summed E-state index contributed by atoms with van der Waals surface area (Å²) in [6.45, 7) is -0.236. The number of hydrogen-bond donors (Lipinski definition) is 1. The van der Waals surface area contributed by atoms with Gasteiger partial charge in [-0.3, -0.25) is 4.90 Å². The van der Waals surface area contributed by atoms with Crippen LogP contribution in [0.3, 0.4) is 0 Å². The third-order valence-corrected chi connectivity index (χ3v) is 10.9. The van der Waals surface area contributed by atoms with Crippen LogP contribution in [0.1, 0.15) is 42.4 Å². The van der Waals surface area contributed by atoms with Crippen LogP contribution in [-0.4, -0.2) is 50.1 Å². The molecule has 218 valence electrons. The number of aliphatic hydroxyl groups is 1. The van der Waals surface area contributed by atoms with Crippen molar-refractivity contribution in [3.63, 3.8) is 0 Å². The van der Waals surface area contributed by atoms with Crippen molar-refractivity contribution >= 4 is 9.84 Å². The van der Waals surface area contributed by atoms with Crippen LogP contribution in [0.25, 0.3) is 0 Å². The van der Waals surface area contributed by atoms with E-state index in [1.54, 1.807) is 0 Å². The molecule has 1 fully saturated rings. The average molecular weight is 596 g/mol. The van der Waals surface area contributed by atoms with E-state index in [-0.39, 0.29) is 42.0 Å². The fourth-order valence-electron chi connectivity index (χ4n) is 6.43. The predicted molar refractivity (Wildman–Crippen MR) is 128 cm³/mol. The number of allylic oxidation sites excluding steroid dienone is 1. The summed E-state index contributed by atoms with van der Waals surface area (Å²) < 4.78 is 136. The van der Waals surface area contributed by atoms with Gasteiger partial charge in [0.1, 0.15) is 16.8 Å². The van der Waals surface area contributed by atoms with Crippen molar-refractivity contribution in [2.45, 2.75) is 66.0 Å². The van der Waals surface area contributed by atoms with Gasteiger partial charge in [0.05, 0.1) is 4.90 Å². The molecule has 3 unspecified atom stereocenters. The Morgan fingerprint density at radius 1 is 0.950 bits per heavy atom. The SMILES string of the molecule is O=S(=O)(c1ccc(F)cc1)C12CN(C(O)C3=CCCC3)CC1CCc1cc(C(F)(C(F)(F)F)C(F)(F)F)ccc12. The molecule has 0 amide bonds. The molecule has 13 heteroatoms. The Kier molecular flexibility index (Phi) is 6.90. The highest BCUT2D eigenvalue weighted by atomic mass is 32.2. The van der Waals surface area contributed by atoms with Crippen molar-refractivity contribution in [1.29, 1.82) is 0 Å². The lowest BCUT2D eigenvalue weighted by Gasteiger charge is -2.41. The lowest BCUT2D eigenvalue weighted by molar-refractivity contribution is -0.348. The third-order valence-electron chi connectivity index (χ3n) is 8.41. The minimum Gasteiger partial charge on any atom is -0.374 e. The molecular formula is C27H25F8NO3S. The van der Waals surface area contributed by atoms with Crippen LogP contribution in [0.5, 0.6) is 0 Å². The molecule has 3 aliphatic rings. The van der Waals surface area contributed by atoms with Crippen LogP contribution in [0.2, 0.25) is 0 Å². The average Bonchev–Trinajstić information content (AvgIpc) is 3.55. The molecule has 0 saturated carbocycles. The first-order valence-corrected chi connectivity index (χ1v) is 14.1. The molecule has 4 nitrogen and oxygen atoms in total. The summed E-state index contributed by atoms with van der Waals surface area (Å²) in [6, 6.07) is 5.56. The van der Waals surface area contributed by atoms with E-state index in [2.05, 4.69) is 0 Å². The van der Waals surface area contributed by atoms with E-state index in [0.29, 0.717) is 24.1 Å². The van der Waals surface area contributed by atoms with E-state index in [1.807, 2.05) is 6.08 Å². The van der Waals surface area contributed by atoms with Crippen molar-refractivity contribution < 1.29 is 48.6 Å². The van der Waals surface area contributed by atoms with Gasteiger partial charge in [0.2, 0.25) is 0 Å². The van der Waals surface area contributed by atoms with Gasteiger partial charge in [-0.05, 0) is 79.0 Å². The van der Waals surface area contributed by atoms with Gasteiger partial charge >= 0.3 is 18.0 Å². The molecule has 1 aliphatic heterocycles. The Balaban J connectivity index is 1.69. The molecule has 40 heavy (non-hydrogen) atoms. The van der Waals surface area contributed by atoms with Gasteiger partial charge in [-0.25, -0.2) is 17.2 Å². The summed E-state index contributed by atoms with van der Waals surface area (Å²) in [4.78, 5) is 1.24. The number of hydrogen-bond acceptors (Lipinski definition) is 4. The quantitative estimate of drug-likeness (QED) is 0.258. The first-order chi connectivity index (χ1) is 18.5. The van der Waals surface area contributed by atoms with Crippen LogP contribution in [0, 0.1) is 11.7 Å². The molecule has 2 aliphatic carbocycles. The van der Waals surface area contributed by atoms with Crippen LogP contribution in [0.4, 0.5) is 35.1 Å². The number of nitrogens with zero attached hydrogens (tertiary/aromatic N) is 1. The summed E-state index contributed by atoms with van der Waals surface area (Å²) in [5.74, 6) is -1.42. The number of aliphatic hydroxyl groups excluding tert-OH is 1. The van der Waals surface area contributed by atoms with Crippen molar-refractivity contribution in [2.75, 3.05) is 13.1 Å². The van der Waals surface area contributed by atoms with Crippen molar-refractivity contribution in [3.8, 4) is 0 Å². The van der Waals surface area contributed by atoms with Gasteiger partial charge in [-0.2, -0.15) is 26.3 Å². The lowest BCUT2D eigenvalue weighted by Crippen LogP contribution is -2.51. The molecule has 0 radical (unpaired) electrons. The summed E-state index contributed by atoms with van der Waals surface area (Å²) >= 11 is 0. The molecule has 2 aromatic carbocycles. The largest absolute Gasteiger partial charge is 0.435 e. The van der Waals surface area contributed by atoms with Crippen molar-refractivity contribution in [3.05, 3.63) is 76.6 Å². The van der Waals surface area contributed by atoms with Gasteiger partial charge in [0, 0.05) is 18.7 Å². The van der Waals surface area contributed by atoms with Gasteiger partial charge in [0.15, 0.2) is 9.84 Å². The molecular weight excluding hydrogens is 570 g/mol. The maximum atomic E-state index is 14.9. The van der Waals surface area contributed by atoms with E-state index in [0.717, 1.165) is 43.2 Å². The maximum Gasteiger partial charge on any atom is 0.435 e. The van der Waals surface area contributed by atoms with Crippen LogP contribution >= 0.6 is 0 Å². The summed E-state index contributed by atoms with van der Waals surface area (Å²) in [5.41, 5.74) is -6.88. The molecule has 0 spiro atoms. The predicted octanol–water partition coefficient (Wildman–Crippen LogP) is 6.09. The number of likely N-dealkylation sites (tertiary alicyclic amines) is 1. The zero-order valence-electron chi connectivity index (χ0n) is 20.9. The van der Waals surface area contributed by atoms with Gasteiger partial charge < -0.3 is 5.11 Å². The van der Waals surface area contributed by atoms with Gasteiger partial charge in [-0.1, -0.05) is 24.3 Å². The number of benzene rings is 2. The second-order valence-corrected chi connectivity index (χ2v) is 12.8. The standard InChI is InChI=1S/C27H25F8NO3S/c28-20-8-10-21(11-9-20)40(38,39)24-15-36(23(37)16-3-1-2-4-16)14-19(24)6-5-17-13-18(7-12-22(17)24)25(29,26(30,31)32)27(33,34)35/h3,7-13,19,23,37H,1-2,4-6,14-15H2. The van der Waals surface area contributed by atoms with Crippen LogP contribution in [-0.2, 0) is 26.7 Å². The highest BCUT2D eigenvalue weighted by molar-refractivity contribution is 7.92. The topological polar surface area (TPSA) is 57.6 Å². The fourth-order valence-corrected chi connectivity index (χ4v) is 8.80.